The summed E-state index contributed by atoms with van der Waals surface area (Å²) in [5, 5.41) is 2.31. The summed E-state index contributed by atoms with van der Waals surface area (Å²) < 4.78 is 44.4. The predicted octanol–water partition coefficient (Wildman–Crippen LogP) is 0.757. The van der Waals surface area contributed by atoms with Crippen LogP contribution in [0.5, 0.6) is 0 Å². The maximum Gasteiger partial charge on any atom is 0.454 e. The molecule has 0 saturated carbocycles. The molecule has 0 aliphatic rings. The highest BCUT2D eigenvalue weighted by molar-refractivity contribution is 5.94. The smallest absolute Gasteiger partial charge is 0.454 e. The number of allylic oxidation sites excluding steroid dienone is 1. The molecule has 0 aliphatic heterocycles. The molecule has 0 amide bonds. The lowest BCUT2D eigenvalue weighted by Gasteiger charge is -2.13. The Hall–Kier alpha value is -1.57. The molecule has 1 N–H and O–H groups in total. The summed E-state index contributed by atoms with van der Waals surface area (Å²) in [5.41, 5.74) is 0. The fraction of sp³-hybridized carbons (Fsp3) is 0.556. The van der Waals surface area contributed by atoms with Crippen LogP contribution in [0.15, 0.2) is 12.3 Å². The number of carbonyl (C=O) groups is 2. The van der Waals surface area contributed by atoms with Crippen LogP contribution < -0.4 is 5.32 Å². The molecule has 17 heavy (non-hydrogen) atoms. The maximum atomic E-state index is 11.8. The summed E-state index contributed by atoms with van der Waals surface area (Å²) in [5.74, 6) is -2.60. The largest absolute Gasteiger partial charge is 0.469 e. The van der Waals surface area contributed by atoms with Gasteiger partial charge in [0, 0.05) is 19.4 Å². The van der Waals surface area contributed by atoms with Gasteiger partial charge in [0.2, 0.25) is 0 Å². The molecule has 8 heteroatoms. The van der Waals surface area contributed by atoms with Gasteiger partial charge in [-0.15, -0.1) is 0 Å². The number of ether oxygens (including phenoxy) is 2. The first-order chi connectivity index (χ1) is 7.81. The van der Waals surface area contributed by atoms with E-state index >= 15 is 0 Å². The highest BCUT2D eigenvalue weighted by Crippen LogP contribution is 2.16. The number of ketones is 1. The molecule has 0 rings (SSSR count). The van der Waals surface area contributed by atoms with Crippen LogP contribution in [0.3, 0.4) is 0 Å². The number of carbonyl (C=O) groups excluding carboxylic acids is 2. The van der Waals surface area contributed by atoms with Gasteiger partial charge in [-0.3, -0.25) is 9.59 Å². The lowest BCUT2D eigenvalue weighted by Crippen LogP contribution is -2.30. The minimum absolute atomic E-state index is 0.197. The Morgan fingerprint density at radius 1 is 1.35 bits per heavy atom. The average molecular weight is 255 g/mol. The van der Waals surface area contributed by atoms with Gasteiger partial charge in [0.05, 0.1) is 13.5 Å². The molecule has 1 unspecified atom stereocenters. The van der Waals surface area contributed by atoms with Crippen LogP contribution in [-0.4, -0.2) is 38.4 Å². The zero-order chi connectivity index (χ0) is 13.5. The number of rotatable bonds is 6. The Labute approximate surface area is 95.6 Å². The minimum Gasteiger partial charge on any atom is -0.469 e. The van der Waals surface area contributed by atoms with E-state index in [1.807, 2.05) is 0 Å². The first-order valence-corrected chi connectivity index (χ1v) is 4.44. The number of hydrogen-bond acceptors (Lipinski definition) is 5. The molecule has 98 valence electrons. The van der Waals surface area contributed by atoms with Gasteiger partial charge in [0.25, 0.3) is 5.78 Å². The van der Waals surface area contributed by atoms with Crippen molar-refractivity contribution in [2.45, 2.75) is 18.8 Å². The van der Waals surface area contributed by atoms with E-state index in [2.05, 4.69) is 10.1 Å². The lowest BCUT2D eigenvalue weighted by atomic mass is 10.3. The third-order valence-electron chi connectivity index (χ3n) is 1.66. The normalized spacial score (nSPS) is 13.5. The molecule has 0 bridgehead atoms. The zero-order valence-electron chi connectivity index (χ0n) is 9.21. The molecule has 1 atom stereocenters. The van der Waals surface area contributed by atoms with Crippen LogP contribution in [0.2, 0.25) is 0 Å². The van der Waals surface area contributed by atoms with E-state index in [1.54, 1.807) is 0 Å². The van der Waals surface area contributed by atoms with Crippen molar-refractivity contribution in [3.63, 3.8) is 0 Å². The highest BCUT2D eigenvalue weighted by Gasteiger charge is 2.36. The van der Waals surface area contributed by atoms with Crippen molar-refractivity contribution in [1.82, 2.24) is 5.32 Å². The van der Waals surface area contributed by atoms with Gasteiger partial charge in [-0.2, -0.15) is 13.2 Å². The molecular formula is C9H12F3NO4. The predicted molar refractivity (Wildman–Crippen MR) is 50.8 cm³/mol. The Bertz CT molecular complexity index is 301. The van der Waals surface area contributed by atoms with E-state index < -0.39 is 24.2 Å². The second-order valence-electron chi connectivity index (χ2n) is 2.87. The quantitative estimate of drug-likeness (QED) is 0.431. The number of halogens is 3. The number of esters is 1. The molecule has 0 saturated heterocycles. The Morgan fingerprint density at radius 2 is 1.94 bits per heavy atom. The fourth-order valence-corrected chi connectivity index (χ4v) is 0.771. The van der Waals surface area contributed by atoms with Crippen LogP contribution in [0.1, 0.15) is 6.42 Å². The Morgan fingerprint density at radius 3 is 2.35 bits per heavy atom. The van der Waals surface area contributed by atoms with Crippen LogP contribution in [0.4, 0.5) is 13.2 Å². The zero-order valence-corrected chi connectivity index (χ0v) is 9.21. The molecule has 0 aliphatic carbocycles. The molecule has 0 aromatic carbocycles. The summed E-state index contributed by atoms with van der Waals surface area (Å²) in [4.78, 5) is 21.3. The van der Waals surface area contributed by atoms with E-state index in [0.717, 1.165) is 13.3 Å². The Kier molecular flexibility index (Phi) is 6.26. The van der Waals surface area contributed by atoms with E-state index in [9.17, 15) is 22.8 Å². The molecule has 0 radical (unpaired) electrons. The van der Waals surface area contributed by atoms with Gasteiger partial charge in [-0.25, -0.2) is 0 Å². The van der Waals surface area contributed by atoms with Crippen molar-refractivity contribution in [2.24, 2.45) is 0 Å². The van der Waals surface area contributed by atoms with Gasteiger partial charge in [0.1, 0.15) is 6.23 Å². The van der Waals surface area contributed by atoms with Gasteiger partial charge in [-0.05, 0) is 0 Å². The van der Waals surface area contributed by atoms with Gasteiger partial charge >= 0.3 is 12.1 Å². The number of nitrogens with one attached hydrogen (secondary N) is 1. The molecule has 0 aromatic rings. The molecule has 0 fully saturated rings. The minimum atomic E-state index is -4.91. The topological polar surface area (TPSA) is 64.6 Å². The molecular weight excluding hydrogens is 243 g/mol. The van der Waals surface area contributed by atoms with Crippen LogP contribution in [0, 0.1) is 0 Å². The molecule has 0 spiro atoms. The number of alkyl halides is 3. The maximum absolute atomic E-state index is 11.8. The summed E-state index contributed by atoms with van der Waals surface area (Å²) in [6.07, 6.45) is -4.89. The van der Waals surface area contributed by atoms with Gasteiger partial charge in [-0.1, -0.05) is 0 Å². The van der Waals surface area contributed by atoms with E-state index in [-0.39, 0.29) is 6.42 Å². The van der Waals surface area contributed by atoms with Crippen LogP contribution >= 0.6 is 0 Å². The lowest BCUT2D eigenvalue weighted by molar-refractivity contribution is -0.165. The first-order valence-electron chi connectivity index (χ1n) is 4.44. The summed E-state index contributed by atoms with van der Waals surface area (Å²) in [6.45, 7) is 0. The second kappa shape index (κ2) is 6.89. The summed E-state index contributed by atoms with van der Waals surface area (Å²) in [6, 6.07) is 0. The van der Waals surface area contributed by atoms with E-state index in [1.165, 1.54) is 7.11 Å². The second-order valence-corrected chi connectivity index (χ2v) is 2.87. The summed E-state index contributed by atoms with van der Waals surface area (Å²) >= 11 is 0. The number of hydrogen-bond donors (Lipinski definition) is 1. The Balaban J connectivity index is 4.19. The SMILES string of the molecule is COC(=O)CC(N/C=C/C(=O)C(F)(F)F)OC. The van der Waals surface area contributed by atoms with Gasteiger partial charge < -0.3 is 14.8 Å². The summed E-state index contributed by atoms with van der Waals surface area (Å²) in [7, 11) is 2.41. The fourth-order valence-electron chi connectivity index (χ4n) is 0.771. The first kappa shape index (κ1) is 15.4. The van der Waals surface area contributed by atoms with Crippen molar-refractivity contribution in [2.75, 3.05) is 14.2 Å². The van der Waals surface area contributed by atoms with Crippen LogP contribution in [0.25, 0.3) is 0 Å². The van der Waals surface area contributed by atoms with Crippen molar-refractivity contribution >= 4 is 11.8 Å². The average Bonchev–Trinajstić information content (AvgIpc) is 2.25. The third-order valence-corrected chi connectivity index (χ3v) is 1.66. The number of methoxy groups -OCH3 is 2. The van der Waals surface area contributed by atoms with Crippen LogP contribution in [-0.2, 0) is 19.1 Å². The van der Waals surface area contributed by atoms with Crippen molar-refractivity contribution in [1.29, 1.82) is 0 Å². The van der Waals surface area contributed by atoms with Crippen molar-refractivity contribution in [3.05, 3.63) is 12.3 Å². The van der Waals surface area contributed by atoms with Crippen molar-refractivity contribution in [3.8, 4) is 0 Å². The molecule has 0 aromatic heterocycles. The van der Waals surface area contributed by atoms with Crippen molar-refractivity contribution < 1.29 is 32.2 Å². The molecule has 0 heterocycles. The highest BCUT2D eigenvalue weighted by atomic mass is 19.4. The monoisotopic (exact) mass is 255 g/mol. The van der Waals surface area contributed by atoms with Gasteiger partial charge in [0.15, 0.2) is 0 Å². The van der Waals surface area contributed by atoms with E-state index in [0.29, 0.717) is 6.08 Å². The molecule has 5 nitrogen and oxygen atoms in total. The van der Waals surface area contributed by atoms with E-state index in [4.69, 9.17) is 4.74 Å². The third kappa shape index (κ3) is 6.56. The standard InChI is InChI=1S/C9H12F3NO4/c1-16-7(5-8(15)17-2)13-4-3-6(14)9(10,11)12/h3-4,7,13H,5H2,1-2H3/b4-3+.